The molecule has 0 saturated heterocycles. The number of ether oxygens (including phenoxy) is 4. The minimum Gasteiger partial charge on any atom is -0.458 e. The van der Waals surface area contributed by atoms with E-state index < -0.39 is 18.0 Å². The Labute approximate surface area is 152 Å². The molecule has 0 aromatic heterocycles. The lowest BCUT2D eigenvalue weighted by molar-refractivity contribution is -0.167. The van der Waals surface area contributed by atoms with Gasteiger partial charge in [0.15, 0.2) is 11.5 Å². The maximum atomic E-state index is 12.4. The van der Waals surface area contributed by atoms with Crippen molar-refractivity contribution in [3.8, 4) is 11.5 Å². The average molecular weight is 407 g/mol. The zero-order chi connectivity index (χ0) is 17.6. The third-order valence-corrected chi connectivity index (χ3v) is 3.95. The molecule has 0 radical (unpaired) electrons. The third kappa shape index (κ3) is 4.30. The lowest BCUT2D eigenvalue weighted by Gasteiger charge is -2.17. The summed E-state index contributed by atoms with van der Waals surface area (Å²) in [4.78, 5) is 24.0. The molecule has 0 aliphatic carbocycles. The van der Waals surface area contributed by atoms with Gasteiger partial charge in [-0.05, 0) is 17.7 Å². The summed E-state index contributed by atoms with van der Waals surface area (Å²) in [5, 5.41) is -0.00816. The second-order valence-corrected chi connectivity index (χ2v) is 5.77. The Hall–Kier alpha value is -2.54. The Morgan fingerprint density at radius 2 is 1.84 bits per heavy atom. The van der Waals surface area contributed by atoms with E-state index in [-0.39, 0.29) is 18.7 Å². The monoisotopic (exact) mass is 406 g/mol. The Morgan fingerprint density at radius 3 is 2.60 bits per heavy atom. The molecular formula is C18H15BrO6. The number of esters is 2. The highest BCUT2D eigenvalue weighted by Gasteiger charge is 2.26. The quantitative estimate of drug-likeness (QED) is 0.541. The summed E-state index contributed by atoms with van der Waals surface area (Å²) < 4.78 is 21.1. The van der Waals surface area contributed by atoms with Gasteiger partial charge in [-0.25, -0.2) is 4.79 Å². The highest BCUT2D eigenvalue weighted by molar-refractivity contribution is 9.09. The maximum Gasteiger partial charge on any atom is 0.352 e. The van der Waals surface area contributed by atoms with Gasteiger partial charge in [0.25, 0.3) is 0 Å². The second-order valence-electron chi connectivity index (χ2n) is 5.21. The number of carbonyl (C=O) groups excluding carboxylic acids is 2. The van der Waals surface area contributed by atoms with Crippen molar-refractivity contribution in [3.63, 3.8) is 0 Å². The van der Waals surface area contributed by atoms with Crippen LogP contribution in [0.5, 0.6) is 11.5 Å². The fourth-order valence-electron chi connectivity index (χ4n) is 2.30. The minimum absolute atomic E-state index is 0.00816. The fraction of sp³-hybridized carbons (Fsp3) is 0.222. The van der Waals surface area contributed by atoms with Crippen molar-refractivity contribution in [2.45, 2.75) is 12.7 Å². The Balaban J connectivity index is 1.68. The molecule has 1 aliphatic heterocycles. The maximum absolute atomic E-state index is 12.4. The number of rotatable bonds is 6. The van der Waals surface area contributed by atoms with Crippen LogP contribution in [0.1, 0.15) is 17.2 Å². The SMILES string of the molecule is O=C(CBr)OC(C(=O)OCc1ccc2c(c1)OCO2)c1ccccc1. The Kier molecular flexibility index (Phi) is 5.55. The molecule has 2 aromatic rings. The van der Waals surface area contributed by atoms with Gasteiger partial charge in [-0.1, -0.05) is 52.3 Å². The van der Waals surface area contributed by atoms with Crippen LogP contribution in [-0.4, -0.2) is 24.1 Å². The van der Waals surface area contributed by atoms with Crippen molar-refractivity contribution < 1.29 is 28.5 Å². The summed E-state index contributed by atoms with van der Waals surface area (Å²) in [7, 11) is 0. The fourth-order valence-corrected chi connectivity index (χ4v) is 2.44. The number of hydrogen-bond donors (Lipinski definition) is 0. The van der Waals surface area contributed by atoms with Gasteiger partial charge in [0.1, 0.15) is 11.9 Å². The van der Waals surface area contributed by atoms with Gasteiger partial charge in [-0.3, -0.25) is 4.79 Å². The summed E-state index contributed by atoms with van der Waals surface area (Å²) in [6.07, 6.45) is -1.11. The van der Waals surface area contributed by atoms with Gasteiger partial charge < -0.3 is 18.9 Å². The summed E-state index contributed by atoms with van der Waals surface area (Å²) in [6, 6.07) is 14.0. The van der Waals surface area contributed by atoms with E-state index >= 15 is 0 Å². The zero-order valence-electron chi connectivity index (χ0n) is 13.1. The lowest BCUT2D eigenvalue weighted by atomic mass is 10.1. The molecule has 1 heterocycles. The van der Waals surface area contributed by atoms with E-state index in [0.29, 0.717) is 17.1 Å². The van der Waals surface area contributed by atoms with Crippen molar-refractivity contribution in [2.24, 2.45) is 0 Å². The highest BCUT2D eigenvalue weighted by Crippen LogP contribution is 2.32. The van der Waals surface area contributed by atoms with Crippen LogP contribution in [0.4, 0.5) is 0 Å². The average Bonchev–Trinajstić information content (AvgIpc) is 3.12. The van der Waals surface area contributed by atoms with E-state index in [0.717, 1.165) is 5.56 Å². The molecule has 6 nitrogen and oxygen atoms in total. The van der Waals surface area contributed by atoms with Crippen LogP contribution in [0, 0.1) is 0 Å². The Morgan fingerprint density at radius 1 is 1.08 bits per heavy atom. The van der Waals surface area contributed by atoms with Crippen molar-refractivity contribution in [3.05, 3.63) is 59.7 Å². The number of fused-ring (bicyclic) bond motifs is 1. The smallest absolute Gasteiger partial charge is 0.352 e. The number of halogens is 1. The van der Waals surface area contributed by atoms with Crippen molar-refractivity contribution in [2.75, 3.05) is 12.1 Å². The van der Waals surface area contributed by atoms with Gasteiger partial charge in [0.05, 0.1) is 0 Å². The number of alkyl halides is 1. The van der Waals surface area contributed by atoms with Gasteiger partial charge >= 0.3 is 11.9 Å². The first-order valence-corrected chi connectivity index (χ1v) is 8.65. The highest BCUT2D eigenvalue weighted by atomic mass is 79.9. The van der Waals surface area contributed by atoms with E-state index in [1.54, 1.807) is 42.5 Å². The predicted molar refractivity (Wildman–Crippen MR) is 91.4 cm³/mol. The summed E-state index contributed by atoms with van der Waals surface area (Å²) in [5.74, 6) is 0.0782. The summed E-state index contributed by atoms with van der Waals surface area (Å²) >= 11 is 3.02. The van der Waals surface area contributed by atoms with Gasteiger partial charge in [0, 0.05) is 5.56 Å². The molecule has 25 heavy (non-hydrogen) atoms. The van der Waals surface area contributed by atoms with E-state index in [1.165, 1.54) is 0 Å². The topological polar surface area (TPSA) is 71.1 Å². The predicted octanol–water partition coefficient (Wildman–Crippen LogP) is 3.14. The second kappa shape index (κ2) is 8.02. The van der Waals surface area contributed by atoms with Gasteiger partial charge in [0.2, 0.25) is 12.9 Å². The molecule has 130 valence electrons. The molecule has 0 N–H and O–H groups in total. The van der Waals surface area contributed by atoms with Crippen LogP contribution in [-0.2, 0) is 25.7 Å². The largest absolute Gasteiger partial charge is 0.458 e. The van der Waals surface area contributed by atoms with Crippen LogP contribution >= 0.6 is 15.9 Å². The van der Waals surface area contributed by atoms with Crippen molar-refractivity contribution in [1.29, 1.82) is 0 Å². The van der Waals surface area contributed by atoms with Crippen LogP contribution in [0.25, 0.3) is 0 Å². The third-order valence-electron chi connectivity index (χ3n) is 3.49. The van der Waals surface area contributed by atoms with Crippen LogP contribution < -0.4 is 9.47 Å². The van der Waals surface area contributed by atoms with E-state index in [4.69, 9.17) is 18.9 Å². The lowest BCUT2D eigenvalue weighted by Crippen LogP contribution is -2.22. The van der Waals surface area contributed by atoms with E-state index in [1.807, 2.05) is 6.07 Å². The number of benzene rings is 2. The molecule has 1 unspecified atom stereocenters. The molecule has 0 spiro atoms. The molecule has 1 atom stereocenters. The van der Waals surface area contributed by atoms with Crippen molar-refractivity contribution >= 4 is 27.9 Å². The van der Waals surface area contributed by atoms with E-state index in [9.17, 15) is 9.59 Å². The molecule has 3 rings (SSSR count). The molecule has 7 heteroatoms. The standard InChI is InChI=1S/C18H15BrO6/c19-9-16(20)25-17(13-4-2-1-3-5-13)18(21)22-10-12-6-7-14-15(8-12)24-11-23-14/h1-8,17H,9-11H2. The van der Waals surface area contributed by atoms with Gasteiger partial charge in [-0.2, -0.15) is 0 Å². The molecule has 0 saturated carbocycles. The molecule has 0 bridgehead atoms. The summed E-state index contributed by atoms with van der Waals surface area (Å²) in [6.45, 7) is 0.210. The van der Waals surface area contributed by atoms with E-state index in [2.05, 4.69) is 15.9 Å². The molecule has 0 amide bonds. The van der Waals surface area contributed by atoms with Crippen LogP contribution in [0.3, 0.4) is 0 Å². The summed E-state index contributed by atoms with van der Waals surface area (Å²) in [5.41, 5.74) is 1.30. The van der Waals surface area contributed by atoms with Crippen molar-refractivity contribution in [1.82, 2.24) is 0 Å². The zero-order valence-corrected chi connectivity index (χ0v) is 14.7. The van der Waals surface area contributed by atoms with Crippen LogP contribution in [0.15, 0.2) is 48.5 Å². The molecule has 2 aromatic carbocycles. The first-order valence-electron chi connectivity index (χ1n) is 7.53. The van der Waals surface area contributed by atoms with Gasteiger partial charge in [-0.15, -0.1) is 0 Å². The number of hydrogen-bond acceptors (Lipinski definition) is 6. The normalized spacial score (nSPS) is 13.2. The Bertz CT molecular complexity index is 761. The van der Waals surface area contributed by atoms with Crippen LogP contribution in [0.2, 0.25) is 0 Å². The number of carbonyl (C=O) groups is 2. The molecule has 1 aliphatic rings. The molecule has 0 fully saturated rings. The minimum atomic E-state index is -1.11. The molecular weight excluding hydrogens is 392 g/mol. The first-order chi connectivity index (χ1) is 12.2. The first kappa shape index (κ1) is 17.3.